The Balaban J connectivity index is 1.56. The maximum atomic E-state index is 14.5. The van der Waals surface area contributed by atoms with Crippen LogP contribution >= 0.6 is 0 Å². The number of rotatable bonds is 9. The number of benzene rings is 2. The van der Waals surface area contributed by atoms with Crippen molar-refractivity contribution < 1.29 is 62.7 Å². The lowest BCUT2D eigenvalue weighted by atomic mass is 9.39. The summed E-state index contributed by atoms with van der Waals surface area (Å²) in [5, 5.41) is 29.4. The molecule has 0 heterocycles. The number of alkyl carbamates (subject to hydrolysis) is 1. The molecule has 11 atom stereocenters. The number of amides is 1. The van der Waals surface area contributed by atoms with Crippen molar-refractivity contribution in [2.45, 2.75) is 142 Å². The van der Waals surface area contributed by atoms with Gasteiger partial charge in [-0.3, -0.25) is 9.59 Å². The van der Waals surface area contributed by atoms with Gasteiger partial charge in [0.15, 0.2) is 12.1 Å². The van der Waals surface area contributed by atoms with Crippen molar-refractivity contribution in [3.63, 3.8) is 0 Å². The Labute approximate surface area is 362 Å². The molecule has 1 unspecified atom stereocenters. The standard InChI is InChI=1S/C47H59N3O12/c1-25-23-31-21-22-46(31,61-28(4)52)37-39(60-40(54)30-19-15-12-16-20-30)47(57)24-32(26(2)33(44(47,8)9)36(58-27(3)51)38(53)45(25,37)10)59-41(55)35(50-48)34(29-17-13-11-14-18-29)49-42(56)62-43(5,6)7/h11-20,25,31-32,34,36-39,53,57H,21-24H2,1-10H3,(H,49,56)/t25-,31+,32-,34?,36+,37-,38-,39-,45+,46-,47+/m0/s1. The van der Waals surface area contributed by atoms with Crippen LogP contribution in [0.15, 0.2) is 71.8 Å². The Morgan fingerprint density at radius 3 is 2.06 bits per heavy atom. The van der Waals surface area contributed by atoms with Crippen LogP contribution in [0.5, 0.6) is 0 Å². The summed E-state index contributed by atoms with van der Waals surface area (Å²) in [6, 6.07) is 15.0. The van der Waals surface area contributed by atoms with Crippen LogP contribution in [0.1, 0.15) is 117 Å². The third kappa shape index (κ3) is 7.94. The van der Waals surface area contributed by atoms with Crippen molar-refractivity contribution in [1.82, 2.24) is 5.32 Å². The van der Waals surface area contributed by atoms with E-state index in [4.69, 9.17) is 23.7 Å². The highest BCUT2D eigenvalue weighted by atomic mass is 16.6. The van der Waals surface area contributed by atoms with Gasteiger partial charge in [0.1, 0.15) is 35.1 Å². The molecule has 4 aliphatic carbocycles. The van der Waals surface area contributed by atoms with E-state index in [-0.39, 0.29) is 23.0 Å². The van der Waals surface area contributed by atoms with E-state index in [0.717, 1.165) is 0 Å². The summed E-state index contributed by atoms with van der Waals surface area (Å²) < 4.78 is 30.7. The summed E-state index contributed by atoms with van der Waals surface area (Å²) in [4.78, 5) is 71.5. The minimum absolute atomic E-state index is 0.172. The number of carbonyl (C=O) groups is 5. The second kappa shape index (κ2) is 16.7. The van der Waals surface area contributed by atoms with Crippen molar-refractivity contribution in [3.8, 4) is 0 Å². The predicted molar refractivity (Wildman–Crippen MR) is 223 cm³/mol. The first-order chi connectivity index (χ1) is 28.9. The molecule has 3 saturated carbocycles. The van der Waals surface area contributed by atoms with Crippen LogP contribution in [0.25, 0.3) is 5.53 Å². The van der Waals surface area contributed by atoms with E-state index in [2.05, 4.69) is 10.1 Å². The van der Waals surface area contributed by atoms with Crippen LogP contribution in [-0.2, 0) is 38.1 Å². The lowest BCUT2D eigenvalue weighted by Gasteiger charge is -2.70. The number of ether oxygens (including phenoxy) is 5. The quantitative estimate of drug-likeness (QED) is 0.0639. The van der Waals surface area contributed by atoms with E-state index >= 15 is 0 Å². The SMILES string of the molecule is CC(=O)O[C@@H]1C2=C(C)[C@@H](OC(=O)C(=[N+]=[N-])C(NC(=O)OC(C)(C)C)c3ccccc3)C[C@@](O)([C@@H](OC(=O)c3ccccc3)[C@@H]3[C@]4(OC(C)=O)CC[C@@H]4C[C@H](C)[C@@]3(C)[C@H]1O)C2(C)C. The minimum atomic E-state index is -2.21. The van der Waals surface area contributed by atoms with Crippen molar-refractivity contribution >= 4 is 35.7 Å². The van der Waals surface area contributed by atoms with Gasteiger partial charge in [0.25, 0.3) is 0 Å². The molecule has 62 heavy (non-hydrogen) atoms. The van der Waals surface area contributed by atoms with Crippen molar-refractivity contribution in [3.05, 3.63) is 88.5 Å². The number of carbonyl (C=O) groups excluding carboxylic acids is 5. The van der Waals surface area contributed by atoms with Crippen molar-refractivity contribution in [2.24, 2.45) is 28.6 Å². The molecule has 15 heteroatoms. The van der Waals surface area contributed by atoms with Gasteiger partial charge in [-0.2, -0.15) is 4.79 Å². The highest BCUT2D eigenvalue weighted by Crippen LogP contribution is 2.69. The number of aliphatic hydroxyl groups is 2. The van der Waals surface area contributed by atoms with Gasteiger partial charge in [-0.15, -0.1) is 0 Å². The molecule has 0 aromatic heterocycles. The van der Waals surface area contributed by atoms with Crippen molar-refractivity contribution in [1.29, 1.82) is 0 Å². The van der Waals surface area contributed by atoms with E-state index < -0.39 is 106 Å². The third-order valence-electron chi connectivity index (χ3n) is 14.1. The molecule has 0 saturated heterocycles. The van der Waals surface area contributed by atoms with Gasteiger partial charge in [-0.05, 0) is 87.6 Å². The summed E-state index contributed by atoms with van der Waals surface area (Å²) in [6.07, 6.45) is -5.79. The smallest absolute Gasteiger partial charge is 0.420 e. The normalized spacial score (nSPS) is 32.6. The molecule has 6 rings (SSSR count). The highest BCUT2D eigenvalue weighted by molar-refractivity contribution is 6.36. The van der Waals surface area contributed by atoms with Gasteiger partial charge in [0, 0.05) is 37.0 Å². The van der Waals surface area contributed by atoms with E-state index in [1.54, 1.807) is 109 Å². The van der Waals surface area contributed by atoms with Crippen LogP contribution < -0.4 is 5.32 Å². The number of hydrogen-bond acceptors (Lipinski definition) is 12. The van der Waals surface area contributed by atoms with Gasteiger partial charge in [0.05, 0.1) is 5.56 Å². The average molecular weight is 858 g/mol. The van der Waals surface area contributed by atoms with E-state index in [1.807, 2.05) is 6.92 Å². The van der Waals surface area contributed by atoms with E-state index in [0.29, 0.717) is 30.4 Å². The van der Waals surface area contributed by atoms with Gasteiger partial charge >= 0.3 is 35.7 Å². The molecule has 3 fully saturated rings. The number of aliphatic hydroxyl groups excluding tert-OH is 1. The molecule has 2 aromatic carbocycles. The summed E-state index contributed by atoms with van der Waals surface area (Å²) in [7, 11) is 0. The first kappa shape index (κ1) is 46.1. The largest absolute Gasteiger partial charge is 0.458 e. The molecule has 0 radical (unpaired) electrons. The Morgan fingerprint density at radius 1 is 0.919 bits per heavy atom. The molecule has 4 aliphatic rings. The number of fused-ring (bicyclic) bond motifs is 5. The summed E-state index contributed by atoms with van der Waals surface area (Å²) >= 11 is 0. The fraction of sp³-hybridized carbons (Fsp3) is 0.574. The fourth-order valence-electron chi connectivity index (χ4n) is 10.9. The number of nitrogens with zero attached hydrogens (tertiary/aromatic N) is 2. The fourth-order valence-corrected chi connectivity index (χ4v) is 10.9. The average Bonchev–Trinajstić information content (AvgIpc) is 3.18. The molecule has 3 N–H and O–H groups in total. The zero-order valence-electron chi connectivity index (χ0n) is 37.1. The molecule has 1 amide bonds. The van der Waals surface area contributed by atoms with E-state index in [9.17, 15) is 39.7 Å². The Hall–Kier alpha value is -5.37. The molecule has 2 bridgehead atoms. The molecule has 2 aromatic rings. The Morgan fingerprint density at radius 2 is 1.53 bits per heavy atom. The topological polar surface area (TPSA) is 220 Å². The van der Waals surface area contributed by atoms with Gasteiger partial charge in [-0.1, -0.05) is 76.2 Å². The molecular weight excluding hydrogens is 799 g/mol. The predicted octanol–water partition coefficient (Wildman–Crippen LogP) is 6.22. The third-order valence-corrected chi connectivity index (χ3v) is 14.1. The van der Waals surface area contributed by atoms with Gasteiger partial charge < -0.3 is 44.7 Å². The highest BCUT2D eigenvalue weighted by Gasteiger charge is 2.76. The second-order valence-corrected chi connectivity index (χ2v) is 19.2. The number of esters is 4. The first-order valence-electron chi connectivity index (χ1n) is 21.1. The van der Waals surface area contributed by atoms with Crippen LogP contribution in [0.2, 0.25) is 0 Å². The van der Waals surface area contributed by atoms with Gasteiger partial charge in [-0.25, -0.2) is 14.4 Å². The van der Waals surface area contributed by atoms with Crippen LogP contribution in [-0.4, -0.2) is 91.9 Å². The lowest BCUT2D eigenvalue weighted by Crippen LogP contribution is -2.78. The molecule has 15 nitrogen and oxygen atoms in total. The Kier molecular flexibility index (Phi) is 12.4. The van der Waals surface area contributed by atoms with E-state index in [1.165, 1.54) is 13.8 Å². The molecule has 334 valence electrons. The molecule has 0 spiro atoms. The Bertz CT molecular complexity index is 2180. The number of nitrogens with one attached hydrogen (secondary N) is 1. The second-order valence-electron chi connectivity index (χ2n) is 19.2. The molecular formula is C47H59N3O12. The zero-order valence-corrected chi connectivity index (χ0v) is 37.1. The van der Waals surface area contributed by atoms with Gasteiger partial charge in [0.2, 0.25) is 0 Å². The maximum Gasteiger partial charge on any atom is 0.420 e. The monoisotopic (exact) mass is 857 g/mol. The lowest BCUT2D eigenvalue weighted by molar-refractivity contribution is -0.314. The summed E-state index contributed by atoms with van der Waals surface area (Å²) in [5.74, 6) is -5.04. The minimum Gasteiger partial charge on any atom is -0.458 e. The first-order valence-corrected chi connectivity index (χ1v) is 21.1. The van der Waals surface area contributed by atoms with Crippen LogP contribution in [0, 0.1) is 28.6 Å². The van der Waals surface area contributed by atoms with Crippen LogP contribution in [0.4, 0.5) is 4.79 Å². The summed E-state index contributed by atoms with van der Waals surface area (Å²) in [6.45, 7) is 16.2. The summed E-state index contributed by atoms with van der Waals surface area (Å²) in [5.41, 5.74) is 3.52. The van der Waals surface area contributed by atoms with Crippen molar-refractivity contribution in [2.75, 3.05) is 0 Å². The van der Waals surface area contributed by atoms with Crippen LogP contribution in [0.3, 0.4) is 0 Å². The molecule has 0 aliphatic heterocycles. The maximum absolute atomic E-state index is 14.5. The number of hydrogen-bond donors (Lipinski definition) is 3. The zero-order chi connectivity index (χ0) is 45.7.